The molecule has 4 heteroatoms. The van der Waals surface area contributed by atoms with Crippen LogP contribution in [0.15, 0.2) is 24.3 Å². The highest BCUT2D eigenvalue weighted by Gasteiger charge is 2.13. The van der Waals surface area contributed by atoms with Crippen LogP contribution >= 0.6 is 0 Å². The van der Waals surface area contributed by atoms with Crippen molar-refractivity contribution in [1.29, 1.82) is 0 Å². The molecule has 0 radical (unpaired) electrons. The van der Waals surface area contributed by atoms with Gasteiger partial charge in [0.05, 0.1) is 13.2 Å². The Hall–Kier alpha value is -1.13. The van der Waals surface area contributed by atoms with Crippen molar-refractivity contribution in [3.8, 4) is 0 Å². The van der Waals surface area contributed by atoms with Crippen molar-refractivity contribution in [1.82, 2.24) is 0 Å². The van der Waals surface area contributed by atoms with Gasteiger partial charge in [-0.1, -0.05) is 231 Å². The van der Waals surface area contributed by atoms with Crippen LogP contribution in [-0.4, -0.2) is 37.0 Å². The zero-order valence-electron chi connectivity index (χ0n) is 36.1. The lowest BCUT2D eigenvalue weighted by atomic mass is 10.0. The maximum atomic E-state index is 12.2. The second kappa shape index (κ2) is 47.0. The van der Waals surface area contributed by atoms with Crippen molar-refractivity contribution < 1.29 is 19.4 Å². The Kier molecular flexibility index (Phi) is 46.0. The SMILES string of the molecule is CCCCCCC/C=C\C/C=C\CCCCCCCCCCCCCC(=O)OC(CO)COCCCCCCCCCCCCCCCCCCCC. The van der Waals surface area contributed by atoms with Gasteiger partial charge in [0.1, 0.15) is 6.10 Å². The summed E-state index contributed by atoms with van der Waals surface area (Å²) in [5, 5.41) is 9.63. The molecule has 1 atom stereocenters. The van der Waals surface area contributed by atoms with Crippen LogP contribution in [-0.2, 0) is 14.3 Å². The number of ether oxygens (including phenoxy) is 2. The third kappa shape index (κ3) is 45.2. The third-order valence-corrected chi connectivity index (χ3v) is 10.8. The minimum absolute atomic E-state index is 0.168. The highest BCUT2D eigenvalue weighted by molar-refractivity contribution is 5.69. The summed E-state index contributed by atoms with van der Waals surface area (Å²) in [6, 6.07) is 0. The highest BCUT2D eigenvalue weighted by atomic mass is 16.6. The zero-order chi connectivity index (χ0) is 38.4. The largest absolute Gasteiger partial charge is 0.457 e. The van der Waals surface area contributed by atoms with Crippen LogP contribution in [0.1, 0.15) is 258 Å². The molecule has 0 aromatic heterocycles. The van der Waals surface area contributed by atoms with Gasteiger partial charge in [0.2, 0.25) is 0 Å². The molecule has 0 aromatic carbocycles. The zero-order valence-corrected chi connectivity index (χ0v) is 36.1. The lowest BCUT2D eigenvalue weighted by molar-refractivity contribution is -0.154. The van der Waals surface area contributed by atoms with Crippen LogP contribution in [0, 0.1) is 0 Å². The Balaban J connectivity index is 3.38. The molecule has 1 unspecified atom stereocenters. The lowest BCUT2D eigenvalue weighted by Crippen LogP contribution is -2.27. The molecule has 0 aliphatic rings. The predicted molar refractivity (Wildman–Crippen MR) is 233 cm³/mol. The molecule has 0 amide bonds. The first-order valence-electron chi connectivity index (χ1n) is 23.9. The van der Waals surface area contributed by atoms with E-state index < -0.39 is 6.10 Å². The van der Waals surface area contributed by atoms with E-state index in [0.717, 1.165) is 25.7 Å². The van der Waals surface area contributed by atoms with Gasteiger partial charge in [-0.05, 0) is 44.9 Å². The fourth-order valence-electron chi connectivity index (χ4n) is 7.18. The van der Waals surface area contributed by atoms with E-state index in [1.807, 2.05) is 0 Å². The van der Waals surface area contributed by atoms with Crippen LogP contribution in [0.25, 0.3) is 0 Å². The number of unbranched alkanes of at least 4 members (excludes halogenated alkanes) is 33. The number of esters is 1. The summed E-state index contributed by atoms with van der Waals surface area (Å²) in [5.41, 5.74) is 0. The van der Waals surface area contributed by atoms with Crippen LogP contribution in [0.3, 0.4) is 0 Å². The average molecular weight is 747 g/mol. The third-order valence-electron chi connectivity index (χ3n) is 10.8. The normalized spacial score (nSPS) is 12.4. The molecule has 1 N–H and O–H groups in total. The monoisotopic (exact) mass is 747 g/mol. The summed E-state index contributed by atoms with van der Waals surface area (Å²) in [6.07, 6.45) is 58.2. The van der Waals surface area contributed by atoms with Crippen molar-refractivity contribution in [2.45, 2.75) is 264 Å². The highest BCUT2D eigenvalue weighted by Crippen LogP contribution is 2.16. The van der Waals surface area contributed by atoms with Gasteiger partial charge in [0.25, 0.3) is 0 Å². The topological polar surface area (TPSA) is 55.8 Å². The summed E-state index contributed by atoms with van der Waals surface area (Å²) in [7, 11) is 0. The second-order valence-electron chi connectivity index (χ2n) is 16.2. The summed E-state index contributed by atoms with van der Waals surface area (Å²) in [4.78, 5) is 12.2. The minimum atomic E-state index is -0.531. The van der Waals surface area contributed by atoms with E-state index in [9.17, 15) is 9.90 Å². The first-order valence-corrected chi connectivity index (χ1v) is 23.9. The second-order valence-corrected chi connectivity index (χ2v) is 16.2. The number of aliphatic hydroxyl groups is 1. The van der Waals surface area contributed by atoms with Gasteiger partial charge in [-0.25, -0.2) is 0 Å². The van der Waals surface area contributed by atoms with Crippen LogP contribution in [0.5, 0.6) is 0 Å². The Labute approximate surface area is 332 Å². The molecule has 0 aliphatic heterocycles. The molecule has 0 spiro atoms. The van der Waals surface area contributed by atoms with Gasteiger partial charge >= 0.3 is 5.97 Å². The molecule has 0 bridgehead atoms. The fourth-order valence-corrected chi connectivity index (χ4v) is 7.18. The quantitative estimate of drug-likeness (QED) is 0.0383. The van der Waals surface area contributed by atoms with E-state index in [1.54, 1.807) is 0 Å². The Morgan fingerprint density at radius 3 is 1.17 bits per heavy atom. The fraction of sp³-hybridized carbons (Fsp3) is 0.898. The molecule has 0 rings (SSSR count). The maximum Gasteiger partial charge on any atom is 0.306 e. The van der Waals surface area contributed by atoms with Crippen molar-refractivity contribution in [3.63, 3.8) is 0 Å². The number of hydrogen-bond donors (Lipinski definition) is 1. The Morgan fingerprint density at radius 1 is 0.453 bits per heavy atom. The molecule has 0 fully saturated rings. The summed E-state index contributed by atoms with van der Waals surface area (Å²) in [5.74, 6) is -0.198. The molecule has 0 saturated carbocycles. The Morgan fingerprint density at radius 2 is 0.792 bits per heavy atom. The van der Waals surface area contributed by atoms with E-state index in [1.165, 1.54) is 212 Å². The van der Waals surface area contributed by atoms with Gasteiger partial charge in [0.15, 0.2) is 0 Å². The minimum Gasteiger partial charge on any atom is -0.457 e. The van der Waals surface area contributed by atoms with E-state index >= 15 is 0 Å². The van der Waals surface area contributed by atoms with E-state index in [2.05, 4.69) is 38.2 Å². The maximum absolute atomic E-state index is 12.2. The van der Waals surface area contributed by atoms with Gasteiger partial charge in [0, 0.05) is 13.0 Å². The molecule has 53 heavy (non-hydrogen) atoms. The average Bonchev–Trinajstić information content (AvgIpc) is 3.16. The van der Waals surface area contributed by atoms with Gasteiger partial charge in [-0.2, -0.15) is 0 Å². The number of aliphatic hydroxyl groups excluding tert-OH is 1. The van der Waals surface area contributed by atoms with Crippen molar-refractivity contribution in [2.75, 3.05) is 19.8 Å². The van der Waals surface area contributed by atoms with Crippen molar-refractivity contribution in [3.05, 3.63) is 24.3 Å². The predicted octanol–water partition coefficient (Wildman–Crippen LogP) is 15.9. The van der Waals surface area contributed by atoms with Gasteiger partial charge in [-0.15, -0.1) is 0 Å². The van der Waals surface area contributed by atoms with E-state index in [4.69, 9.17) is 9.47 Å². The van der Waals surface area contributed by atoms with Crippen LogP contribution in [0.4, 0.5) is 0 Å². The van der Waals surface area contributed by atoms with Crippen molar-refractivity contribution in [2.24, 2.45) is 0 Å². The smallest absolute Gasteiger partial charge is 0.306 e. The van der Waals surface area contributed by atoms with Crippen molar-refractivity contribution >= 4 is 5.97 Å². The number of carbonyl (C=O) groups excluding carboxylic acids is 1. The van der Waals surface area contributed by atoms with E-state index in [-0.39, 0.29) is 12.6 Å². The van der Waals surface area contributed by atoms with Crippen LogP contribution in [0.2, 0.25) is 0 Å². The molecule has 4 nitrogen and oxygen atoms in total. The number of allylic oxidation sites excluding steroid dienone is 4. The number of rotatable bonds is 45. The van der Waals surface area contributed by atoms with Gasteiger partial charge < -0.3 is 14.6 Å². The summed E-state index contributed by atoms with van der Waals surface area (Å²) in [6.45, 7) is 5.38. The first-order chi connectivity index (χ1) is 26.2. The molecule has 0 saturated heterocycles. The molecule has 0 aromatic rings. The molecule has 0 heterocycles. The standard InChI is InChI=1S/C49H94O4/c1-3-5-7-9-11-13-15-17-19-21-23-24-25-26-27-28-30-32-34-36-38-40-42-44-49(51)53-48(46-50)47-52-45-43-41-39-37-35-33-31-29-22-20-18-16-14-12-10-8-6-4-2/h15,17,21,23,48,50H,3-14,16,18-20,22,24-47H2,1-2H3/b17-15-,23-21-. The number of carbonyl (C=O) groups is 1. The van der Waals surface area contributed by atoms with E-state index in [0.29, 0.717) is 19.6 Å². The van der Waals surface area contributed by atoms with Gasteiger partial charge in [-0.3, -0.25) is 4.79 Å². The first kappa shape index (κ1) is 51.9. The lowest BCUT2D eigenvalue weighted by Gasteiger charge is -2.16. The molecular formula is C49H94O4. The molecule has 314 valence electrons. The van der Waals surface area contributed by atoms with Crippen LogP contribution < -0.4 is 0 Å². The summed E-state index contributed by atoms with van der Waals surface area (Å²) >= 11 is 0. The molecular weight excluding hydrogens is 653 g/mol. The molecule has 0 aliphatic carbocycles. The number of hydrogen-bond acceptors (Lipinski definition) is 4. The summed E-state index contributed by atoms with van der Waals surface area (Å²) < 4.78 is 11.2. The Bertz CT molecular complexity index is 747.